The summed E-state index contributed by atoms with van der Waals surface area (Å²) in [5.74, 6) is 0.641. The summed E-state index contributed by atoms with van der Waals surface area (Å²) in [4.78, 5) is 15.2. The molecule has 0 saturated carbocycles. The third-order valence-corrected chi connectivity index (χ3v) is 6.68. The Morgan fingerprint density at radius 3 is 2.64 bits per heavy atom. The normalized spacial score (nSPS) is 18.0. The quantitative estimate of drug-likeness (QED) is 0.544. The fourth-order valence-corrected chi connectivity index (χ4v) is 4.67. The molecule has 9 heteroatoms. The Morgan fingerprint density at radius 2 is 1.92 bits per heavy atom. The number of rotatable bonds is 7. The highest BCUT2D eigenvalue weighted by atomic mass is 19.1. The van der Waals surface area contributed by atoms with Crippen molar-refractivity contribution in [3.05, 3.63) is 66.0 Å². The van der Waals surface area contributed by atoms with Gasteiger partial charge in [-0.2, -0.15) is 5.10 Å². The Kier molecular flexibility index (Phi) is 6.99. The van der Waals surface area contributed by atoms with Gasteiger partial charge < -0.3 is 14.4 Å². The number of carbonyl (C=O) groups is 1. The van der Waals surface area contributed by atoms with Crippen LogP contribution in [0.25, 0.3) is 22.5 Å². The molecule has 2 aliphatic heterocycles. The third kappa shape index (κ3) is 5.11. The summed E-state index contributed by atoms with van der Waals surface area (Å²) in [6.07, 6.45) is 1.33. The molecule has 2 aliphatic rings. The Labute approximate surface area is 209 Å². The van der Waals surface area contributed by atoms with Crippen LogP contribution >= 0.6 is 0 Å². The van der Waals surface area contributed by atoms with Gasteiger partial charge in [-0.25, -0.2) is 4.39 Å². The number of likely N-dealkylation sites (tertiary alicyclic amines) is 1. The average Bonchev–Trinajstić information content (AvgIpc) is 3.54. The van der Waals surface area contributed by atoms with Crippen LogP contribution < -0.4 is 5.43 Å². The highest BCUT2D eigenvalue weighted by molar-refractivity contribution is 5.81. The molecule has 1 atom stereocenters. The van der Waals surface area contributed by atoms with Gasteiger partial charge in [-0.15, -0.1) is 5.10 Å². The lowest BCUT2D eigenvalue weighted by Gasteiger charge is -2.31. The number of ether oxygens (including phenoxy) is 2. The van der Waals surface area contributed by atoms with E-state index in [1.807, 2.05) is 41.3 Å². The topological polar surface area (TPSA) is 81.0 Å². The zero-order chi connectivity index (χ0) is 25.1. The lowest BCUT2D eigenvalue weighted by Crippen LogP contribution is -2.42. The first-order valence-corrected chi connectivity index (χ1v) is 12.2. The number of hydrogen-bond acceptors (Lipinski definition) is 6. The van der Waals surface area contributed by atoms with Crippen molar-refractivity contribution >= 4 is 11.8 Å². The third-order valence-electron chi connectivity index (χ3n) is 6.68. The number of methoxy groups -OCH3 is 1. The molecular formula is C27H30FN5O3. The van der Waals surface area contributed by atoms with Gasteiger partial charge in [0.15, 0.2) is 0 Å². The Bertz CT molecular complexity index is 1250. The SMILES string of the molecule is COCC1NN=C(C2CCN(C(=O)Cn3nc(-c4ccc(F)c(C)c4)cc3-c3ccccc3)CC2)O1. The van der Waals surface area contributed by atoms with Gasteiger partial charge in [0.05, 0.1) is 11.4 Å². The number of hydrogen-bond donors (Lipinski definition) is 1. The average molecular weight is 492 g/mol. The van der Waals surface area contributed by atoms with E-state index >= 15 is 0 Å². The van der Waals surface area contributed by atoms with E-state index in [4.69, 9.17) is 14.6 Å². The number of aryl methyl sites for hydroxylation is 1. The summed E-state index contributed by atoms with van der Waals surface area (Å²) in [7, 11) is 1.62. The molecule has 3 aromatic rings. The van der Waals surface area contributed by atoms with Crippen molar-refractivity contribution in [2.45, 2.75) is 32.5 Å². The number of nitrogens with zero attached hydrogens (tertiary/aromatic N) is 4. The van der Waals surface area contributed by atoms with Crippen molar-refractivity contribution in [1.29, 1.82) is 0 Å². The van der Waals surface area contributed by atoms with Crippen molar-refractivity contribution in [1.82, 2.24) is 20.1 Å². The molecule has 2 aromatic carbocycles. The van der Waals surface area contributed by atoms with Crippen LogP contribution in [0.5, 0.6) is 0 Å². The summed E-state index contributed by atoms with van der Waals surface area (Å²) in [6.45, 7) is 3.55. The van der Waals surface area contributed by atoms with Gasteiger partial charge in [-0.3, -0.25) is 14.9 Å². The summed E-state index contributed by atoms with van der Waals surface area (Å²) >= 11 is 0. The van der Waals surface area contributed by atoms with E-state index < -0.39 is 0 Å². The number of piperidine rings is 1. The highest BCUT2D eigenvalue weighted by Crippen LogP contribution is 2.28. The Hall–Kier alpha value is -3.72. The van der Waals surface area contributed by atoms with Crippen LogP contribution in [0.15, 0.2) is 59.7 Å². The molecule has 8 nitrogen and oxygen atoms in total. The molecule has 5 rings (SSSR count). The van der Waals surface area contributed by atoms with Gasteiger partial charge in [-0.05, 0) is 55.2 Å². The second-order valence-corrected chi connectivity index (χ2v) is 9.20. The number of amides is 1. The van der Waals surface area contributed by atoms with Crippen molar-refractivity contribution in [3.63, 3.8) is 0 Å². The zero-order valence-electron chi connectivity index (χ0n) is 20.5. The first-order valence-electron chi connectivity index (χ1n) is 12.2. The first kappa shape index (κ1) is 24.0. The summed E-state index contributed by atoms with van der Waals surface area (Å²) in [6, 6.07) is 16.8. The monoisotopic (exact) mass is 491 g/mol. The van der Waals surface area contributed by atoms with Crippen molar-refractivity contribution < 1.29 is 18.7 Å². The second kappa shape index (κ2) is 10.5. The van der Waals surface area contributed by atoms with E-state index in [1.54, 1.807) is 30.8 Å². The van der Waals surface area contributed by atoms with Gasteiger partial charge in [0.1, 0.15) is 19.0 Å². The van der Waals surface area contributed by atoms with Crippen molar-refractivity contribution in [3.8, 4) is 22.5 Å². The van der Waals surface area contributed by atoms with Crippen molar-refractivity contribution in [2.24, 2.45) is 11.0 Å². The minimum atomic E-state index is -0.251. The van der Waals surface area contributed by atoms with Crippen LogP contribution in [0.4, 0.5) is 4.39 Å². The van der Waals surface area contributed by atoms with Gasteiger partial charge >= 0.3 is 0 Å². The van der Waals surface area contributed by atoms with Crippen molar-refractivity contribution in [2.75, 3.05) is 26.8 Å². The number of hydrazone groups is 1. The molecule has 1 saturated heterocycles. The second-order valence-electron chi connectivity index (χ2n) is 9.20. The number of nitrogens with one attached hydrogen (secondary N) is 1. The van der Waals surface area contributed by atoms with E-state index in [2.05, 4.69) is 10.5 Å². The summed E-state index contributed by atoms with van der Waals surface area (Å²) in [5.41, 5.74) is 6.84. The molecule has 1 amide bonds. The molecule has 3 heterocycles. The highest BCUT2D eigenvalue weighted by Gasteiger charge is 2.31. The van der Waals surface area contributed by atoms with Crippen LogP contribution in [0.2, 0.25) is 0 Å². The molecule has 1 aromatic heterocycles. The molecule has 0 bridgehead atoms. The fourth-order valence-electron chi connectivity index (χ4n) is 4.67. The number of benzene rings is 2. The van der Waals surface area contributed by atoms with Crippen LogP contribution in [-0.2, 0) is 20.8 Å². The number of halogens is 1. The van der Waals surface area contributed by atoms with Crippen LogP contribution in [0, 0.1) is 18.7 Å². The maximum Gasteiger partial charge on any atom is 0.244 e. The zero-order valence-corrected chi connectivity index (χ0v) is 20.5. The fraction of sp³-hybridized carbons (Fsp3) is 0.370. The van der Waals surface area contributed by atoms with E-state index in [0.717, 1.165) is 29.7 Å². The van der Waals surface area contributed by atoms with Gasteiger partial charge in [0.25, 0.3) is 0 Å². The standard InChI is InChI=1S/C27H30FN5O3/c1-18-14-21(8-9-22(18)28)23-15-24(19-6-4-3-5-7-19)33(31-23)16-26(34)32-12-10-20(11-13-32)27-30-29-25(36-27)17-35-2/h3-9,14-15,20,25,29H,10-13,16-17H2,1-2H3. The van der Waals surface area contributed by atoms with Crippen LogP contribution in [0.1, 0.15) is 18.4 Å². The lowest BCUT2D eigenvalue weighted by atomic mass is 9.96. The molecule has 0 radical (unpaired) electrons. The molecule has 1 unspecified atom stereocenters. The van der Waals surface area contributed by atoms with Crippen LogP contribution in [-0.4, -0.2) is 59.5 Å². The van der Waals surface area contributed by atoms with Gasteiger partial charge in [0, 0.05) is 31.7 Å². The predicted octanol–water partition coefficient (Wildman–Crippen LogP) is 3.81. The van der Waals surface area contributed by atoms with Gasteiger partial charge in [0.2, 0.25) is 18.0 Å². The lowest BCUT2D eigenvalue weighted by molar-refractivity contribution is -0.133. The molecular weight excluding hydrogens is 461 g/mol. The first-order chi connectivity index (χ1) is 17.5. The van der Waals surface area contributed by atoms with Gasteiger partial charge in [-0.1, -0.05) is 30.3 Å². The van der Waals surface area contributed by atoms with E-state index in [1.165, 1.54) is 6.07 Å². The summed E-state index contributed by atoms with van der Waals surface area (Å²) in [5, 5.41) is 9.06. The Balaban J connectivity index is 1.30. The smallest absolute Gasteiger partial charge is 0.244 e. The van der Waals surface area contributed by atoms with E-state index in [-0.39, 0.29) is 30.4 Å². The van der Waals surface area contributed by atoms with Crippen LogP contribution in [0.3, 0.4) is 0 Å². The maximum absolute atomic E-state index is 13.8. The van der Waals surface area contributed by atoms with E-state index in [9.17, 15) is 9.18 Å². The number of aromatic nitrogens is 2. The molecule has 36 heavy (non-hydrogen) atoms. The summed E-state index contributed by atoms with van der Waals surface area (Å²) < 4.78 is 26.5. The molecule has 0 aliphatic carbocycles. The minimum absolute atomic E-state index is 0.0141. The van der Waals surface area contributed by atoms with E-state index in [0.29, 0.717) is 36.9 Å². The Morgan fingerprint density at radius 1 is 1.14 bits per heavy atom. The largest absolute Gasteiger partial charge is 0.452 e. The maximum atomic E-state index is 13.8. The number of carbonyl (C=O) groups excluding carboxylic acids is 1. The predicted molar refractivity (Wildman–Crippen MR) is 134 cm³/mol. The molecule has 0 spiro atoms. The molecule has 1 fully saturated rings. The molecule has 188 valence electrons. The molecule has 1 N–H and O–H groups in total. The minimum Gasteiger partial charge on any atom is -0.452 e.